The van der Waals surface area contributed by atoms with Crippen LogP contribution in [0.3, 0.4) is 0 Å². The molecule has 7 nitrogen and oxygen atoms in total. The zero-order valence-electron chi connectivity index (χ0n) is 19.1. The number of unbranched alkanes of at least 4 members (excludes halogenated alkanes) is 2. The van der Waals surface area contributed by atoms with Gasteiger partial charge in [-0.15, -0.1) is 0 Å². The summed E-state index contributed by atoms with van der Waals surface area (Å²) in [6, 6.07) is 13.3. The monoisotopic (exact) mass is 457 g/mol. The summed E-state index contributed by atoms with van der Waals surface area (Å²) in [6.45, 7) is 2.95. The number of carbonyl (C=O) groups is 2. The topological polar surface area (TPSA) is 92.6 Å². The Hall–Kier alpha value is -4.00. The Kier molecular flexibility index (Phi) is 7.32. The van der Waals surface area contributed by atoms with Crippen molar-refractivity contribution in [3.05, 3.63) is 95.6 Å². The van der Waals surface area contributed by atoms with Crippen molar-refractivity contribution in [2.75, 3.05) is 6.61 Å². The van der Waals surface area contributed by atoms with Gasteiger partial charge in [-0.1, -0.05) is 25.8 Å². The molecule has 34 heavy (non-hydrogen) atoms. The molecule has 1 N–H and O–H groups in total. The van der Waals surface area contributed by atoms with E-state index in [1.165, 1.54) is 4.90 Å². The number of ketones is 1. The highest BCUT2D eigenvalue weighted by Crippen LogP contribution is 2.40. The van der Waals surface area contributed by atoms with Crippen LogP contribution in [0.4, 0.5) is 0 Å². The number of pyridine rings is 2. The molecule has 1 saturated heterocycles. The zero-order chi connectivity index (χ0) is 23.9. The van der Waals surface area contributed by atoms with Crippen molar-refractivity contribution in [3.8, 4) is 5.75 Å². The van der Waals surface area contributed by atoms with E-state index in [1.54, 1.807) is 67.3 Å². The Labute approximate surface area is 198 Å². The van der Waals surface area contributed by atoms with Gasteiger partial charge in [-0.2, -0.15) is 0 Å². The minimum absolute atomic E-state index is 0.0525. The van der Waals surface area contributed by atoms with Gasteiger partial charge in [0.2, 0.25) is 0 Å². The average molecular weight is 458 g/mol. The highest BCUT2D eigenvalue weighted by atomic mass is 16.5. The van der Waals surface area contributed by atoms with Gasteiger partial charge < -0.3 is 14.7 Å². The van der Waals surface area contributed by atoms with Crippen LogP contribution in [0.2, 0.25) is 0 Å². The van der Waals surface area contributed by atoms with Crippen molar-refractivity contribution in [3.63, 3.8) is 0 Å². The van der Waals surface area contributed by atoms with Crippen LogP contribution >= 0.6 is 0 Å². The van der Waals surface area contributed by atoms with Crippen LogP contribution in [0.25, 0.3) is 5.76 Å². The van der Waals surface area contributed by atoms with Crippen LogP contribution < -0.4 is 4.74 Å². The average Bonchev–Trinajstić information content (AvgIpc) is 3.12. The molecule has 3 aromatic rings. The van der Waals surface area contributed by atoms with Gasteiger partial charge in [-0.3, -0.25) is 19.6 Å². The van der Waals surface area contributed by atoms with Crippen molar-refractivity contribution in [2.24, 2.45) is 0 Å². The maximum absolute atomic E-state index is 13.1. The lowest BCUT2D eigenvalue weighted by atomic mass is 9.96. The number of Topliss-reactive ketones (excluding diaryl/α,β-unsaturated/α-hetero) is 1. The van der Waals surface area contributed by atoms with Gasteiger partial charge in [0.05, 0.1) is 18.2 Å². The quantitative estimate of drug-likeness (QED) is 0.217. The molecule has 4 rings (SSSR count). The van der Waals surface area contributed by atoms with Gasteiger partial charge in [0, 0.05) is 36.9 Å². The Morgan fingerprint density at radius 3 is 2.44 bits per heavy atom. The number of aliphatic hydroxyl groups excluding tert-OH is 1. The summed E-state index contributed by atoms with van der Waals surface area (Å²) in [6.07, 6.45) is 9.70. The number of amides is 1. The maximum atomic E-state index is 13.1. The van der Waals surface area contributed by atoms with Gasteiger partial charge >= 0.3 is 0 Å². The maximum Gasteiger partial charge on any atom is 0.295 e. The number of hydrogen-bond acceptors (Lipinski definition) is 6. The third-order valence-electron chi connectivity index (χ3n) is 5.78. The Bertz CT molecular complexity index is 1160. The molecule has 0 saturated carbocycles. The van der Waals surface area contributed by atoms with E-state index in [-0.39, 0.29) is 17.9 Å². The number of hydrogen-bond donors (Lipinski definition) is 1. The van der Waals surface area contributed by atoms with Gasteiger partial charge in [0.25, 0.3) is 11.7 Å². The molecule has 1 amide bonds. The second-order valence-corrected chi connectivity index (χ2v) is 8.15. The predicted molar refractivity (Wildman–Crippen MR) is 128 cm³/mol. The number of aliphatic hydroxyl groups is 1. The van der Waals surface area contributed by atoms with Crippen molar-refractivity contribution >= 4 is 17.4 Å². The van der Waals surface area contributed by atoms with E-state index in [0.29, 0.717) is 23.5 Å². The van der Waals surface area contributed by atoms with E-state index in [2.05, 4.69) is 16.9 Å². The fourth-order valence-electron chi connectivity index (χ4n) is 4.03. The first-order valence-corrected chi connectivity index (χ1v) is 11.4. The van der Waals surface area contributed by atoms with Crippen molar-refractivity contribution in [1.29, 1.82) is 0 Å². The van der Waals surface area contributed by atoms with E-state index in [1.807, 2.05) is 6.07 Å². The summed E-state index contributed by atoms with van der Waals surface area (Å²) in [5.41, 5.74) is 1.97. The molecule has 0 aliphatic carbocycles. The van der Waals surface area contributed by atoms with Gasteiger partial charge in [-0.05, 0) is 60.0 Å². The summed E-state index contributed by atoms with van der Waals surface area (Å²) in [7, 11) is 0. The summed E-state index contributed by atoms with van der Waals surface area (Å²) in [5.74, 6) is -0.909. The lowest BCUT2D eigenvalue weighted by molar-refractivity contribution is -0.140. The van der Waals surface area contributed by atoms with Gasteiger partial charge in [0.15, 0.2) is 0 Å². The molecule has 3 heterocycles. The third-order valence-corrected chi connectivity index (χ3v) is 5.78. The van der Waals surface area contributed by atoms with Crippen molar-refractivity contribution < 1.29 is 19.4 Å². The standard InChI is InChI=1S/C27H27N3O4/c1-2-3-4-16-34-22-9-7-21(8-10-22)25(31)23-24(20-11-14-28-15-12-20)30(27(33)26(23)32)18-19-6-5-13-29-17-19/h5-15,17,24,31H,2-4,16,18H2,1H3/b25-23+. The zero-order valence-corrected chi connectivity index (χ0v) is 19.1. The molecule has 0 spiro atoms. The van der Waals surface area contributed by atoms with Crippen LogP contribution in [0.5, 0.6) is 5.75 Å². The number of ether oxygens (including phenoxy) is 1. The number of benzene rings is 1. The number of aromatic nitrogens is 2. The Morgan fingerprint density at radius 1 is 1.00 bits per heavy atom. The Morgan fingerprint density at radius 2 is 1.76 bits per heavy atom. The molecular weight excluding hydrogens is 430 g/mol. The second-order valence-electron chi connectivity index (χ2n) is 8.15. The molecule has 7 heteroatoms. The van der Waals surface area contributed by atoms with E-state index < -0.39 is 17.7 Å². The number of nitrogens with zero attached hydrogens (tertiary/aromatic N) is 3. The second kappa shape index (κ2) is 10.7. The van der Waals surface area contributed by atoms with Gasteiger partial charge in [-0.25, -0.2) is 0 Å². The molecule has 1 atom stereocenters. The summed E-state index contributed by atoms with van der Waals surface area (Å²) < 4.78 is 5.74. The van der Waals surface area contributed by atoms with Gasteiger partial charge in [0.1, 0.15) is 11.5 Å². The van der Waals surface area contributed by atoms with Crippen molar-refractivity contribution in [2.45, 2.75) is 38.8 Å². The molecule has 1 unspecified atom stereocenters. The Balaban J connectivity index is 1.68. The number of likely N-dealkylation sites (tertiary alicyclic amines) is 1. The van der Waals surface area contributed by atoms with Crippen LogP contribution in [-0.4, -0.2) is 38.3 Å². The first kappa shape index (κ1) is 23.2. The molecular formula is C27H27N3O4. The summed E-state index contributed by atoms with van der Waals surface area (Å²) in [4.78, 5) is 35.8. The van der Waals surface area contributed by atoms with Crippen LogP contribution in [0.15, 0.2) is 78.9 Å². The van der Waals surface area contributed by atoms with Crippen molar-refractivity contribution in [1.82, 2.24) is 14.9 Å². The molecule has 1 aromatic carbocycles. The minimum Gasteiger partial charge on any atom is -0.507 e. The highest BCUT2D eigenvalue weighted by molar-refractivity contribution is 6.46. The lowest BCUT2D eigenvalue weighted by Crippen LogP contribution is -2.29. The first-order valence-electron chi connectivity index (χ1n) is 11.4. The highest BCUT2D eigenvalue weighted by Gasteiger charge is 2.46. The lowest BCUT2D eigenvalue weighted by Gasteiger charge is -2.25. The normalized spacial score (nSPS) is 17.2. The minimum atomic E-state index is -0.742. The first-order chi connectivity index (χ1) is 16.6. The largest absolute Gasteiger partial charge is 0.507 e. The predicted octanol–water partition coefficient (Wildman–Crippen LogP) is 4.67. The number of carbonyl (C=O) groups excluding carboxylic acids is 2. The molecule has 1 aliphatic rings. The molecule has 1 aliphatic heterocycles. The molecule has 174 valence electrons. The fourth-order valence-corrected chi connectivity index (χ4v) is 4.03. The fraction of sp³-hybridized carbons (Fsp3) is 0.259. The molecule has 0 bridgehead atoms. The SMILES string of the molecule is CCCCCOc1ccc(/C(O)=C2\C(=O)C(=O)N(Cc3cccnc3)C2c2ccncc2)cc1. The smallest absolute Gasteiger partial charge is 0.295 e. The number of rotatable bonds is 9. The molecule has 2 aromatic heterocycles. The summed E-state index contributed by atoms with van der Waals surface area (Å²) in [5, 5.41) is 11.2. The van der Waals surface area contributed by atoms with Crippen LogP contribution in [0, 0.1) is 0 Å². The summed E-state index contributed by atoms with van der Waals surface area (Å²) >= 11 is 0. The van der Waals surface area contributed by atoms with E-state index in [0.717, 1.165) is 24.8 Å². The van der Waals surface area contributed by atoms with Crippen LogP contribution in [0.1, 0.15) is 48.9 Å². The van der Waals surface area contributed by atoms with E-state index >= 15 is 0 Å². The third kappa shape index (κ3) is 4.98. The van der Waals surface area contributed by atoms with Crippen LogP contribution in [-0.2, 0) is 16.1 Å². The van der Waals surface area contributed by atoms with E-state index in [4.69, 9.17) is 4.74 Å². The molecule has 0 radical (unpaired) electrons. The molecule has 1 fully saturated rings. The van der Waals surface area contributed by atoms with E-state index in [9.17, 15) is 14.7 Å².